The van der Waals surface area contributed by atoms with Gasteiger partial charge in [0.25, 0.3) is 5.91 Å². The molecule has 0 heterocycles. The molecule has 1 aromatic carbocycles. The van der Waals surface area contributed by atoms with Crippen LogP contribution in [-0.2, 0) is 0 Å². The van der Waals surface area contributed by atoms with Crippen LogP contribution in [-0.4, -0.2) is 17.1 Å². The maximum Gasteiger partial charge on any atom is 0.251 e. The number of hydrogen-bond donors (Lipinski definition) is 2. The van der Waals surface area contributed by atoms with Gasteiger partial charge >= 0.3 is 0 Å². The Kier molecular flexibility index (Phi) is 3.83. The van der Waals surface area contributed by atoms with Crippen LogP contribution in [0, 0.1) is 12.3 Å². The summed E-state index contributed by atoms with van der Waals surface area (Å²) >= 11 is 0. The monoisotopic (exact) mass is 261 g/mol. The molecule has 1 aliphatic rings. The lowest BCUT2D eigenvalue weighted by atomic mass is 9.75. The van der Waals surface area contributed by atoms with Gasteiger partial charge in [-0.2, -0.15) is 0 Å². The number of benzene rings is 1. The van der Waals surface area contributed by atoms with Crippen molar-refractivity contribution >= 4 is 5.91 Å². The zero-order chi connectivity index (χ0) is 14.0. The Hall–Kier alpha value is -1.51. The van der Waals surface area contributed by atoms with Crippen molar-refractivity contribution in [1.29, 1.82) is 0 Å². The summed E-state index contributed by atoms with van der Waals surface area (Å²) in [6.45, 7) is 6.32. The summed E-state index contributed by atoms with van der Waals surface area (Å²) in [5.74, 6) is 0.196. The van der Waals surface area contributed by atoms with E-state index in [4.69, 9.17) is 0 Å². The second-order valence-electron chi connectivity index (χ2n) is 6.43. The van der Waals surface area contributed by atoms with Crippen LogP contribution in [0.3, 0.4) is 0 Å². The molecule has 19 heavy (non-hydrogen) atoms. The number of aromatic hydroxyl groups is 1. The summed E-state index contributed by atoms with van der Waals surface area (Å²) in [7, 11) is 0. The van der Waals surface area contributed by atoms with Crippen molar-refractivity contribution in [2.45, 2.75) is 52.5 Å². The van der Waals surface area contributed by atoms with E-state index in [0.717, 1.165) is 18.4 Å². The fourth-order valence-electron chi connectivity index (χ4n) is 2.89. The van der Waals surface area contributed by atoms with Gasteiger partial charge in [0.1, 0.15) is 5.75 Å². The minimum atomic E-state index is -0.0363. The van der Waals surface area contributed by atoms with Crippen LogP contribution >= 0.6 is 0 Å². The van der Waals surface area contributed by atoms with Gasteiger partial charge < -0.3 is 10.4 Å². The van der Waals surface area contributed by atoms with Crippen molar-refractivity contribution < 1.29 is 9.90 Å². The first-order valence-corrected chi connectivity index (χ1v) is 6.98. The van der Waals surface area contributed by atoms with Gasteiger partial charge in [-0.15, -0.1) is 0 Å². The molecule has 1 unspecified atom stereocenters. The summed E-state index contributed by atoms with van der Waals surface area (Å²) < 4.78 is 0. The minimum Gasteiger partial charge on any atom is -0.508 e. The second kappa shape index (κ2) is 5.24. The fourth-order valence-corrected chi connectivity index (χ4v) is 2.89. The Bertz CT molecular complexity index is 480. The number of carbonyl (C=O) groups excluding carboxylic acids is 1. The molecule has 3 nitrogen and oxygen atoms in total. The number of phenols is 1. The SMILES string of the molecule is Cc1cc(C(=O)NC2CCCC(C)(C)C2)ccc1O. The highest BCUT2D eigenvalue weighted by Crippen LogP contribution is 2.35. The second-order valence-corrected chi connectivity index (χ2v) is 6.43. The molecule has 104 valence electrons. The molecule has 2 rings (SSSR count). The van der Waals surface area contributed by atoms with Gasteiger partial charge in [-0.3, -0.25) is 4.79 Å². The van der Waals surface area contributed by atoms with Gasteiger partial charge in [-0.05, 0) is 55.4 Å². The molecule has 1 saturated carbocycles. The van der Waals surface area contributed by atoms with Crippen LogP contribution in [0.25, 0.3) is 0 Å². The van der Waals surface area contributed by atoms with E-state index in [9.17, 15) is 9.90 Å². The van der Waals surface area contributed by atoms with Gasteiger partial charge in [-0.1, -0.05) is 20.3 Å². The van der Waals surface area contributed by atoms with Crippen LogP contribution in [0.15, 0.2) is 18.2 Å². The van der Waals surface area contributed by atoms with Crippen LogP contribution in [0.1, 0.15) is 55.5 Å². The molecule has 0 saturated heterocycles. The predicted molar refractivity (Wildman–Crippen MR) is 76.3 cm³/mol. The summed E-state index contributed by atoms with van der Waals surface area (Å²) in [5.41, 5.74) is 1.68. The summed E-state index contributed by atoms with van der Waals surface area (Å²) in [6, 6.07) is 5.25. The highest BCUT2D eigenvalue weighted by Gasteiger charge is 2.28. The minimum absolute atomic E-state index is 0.0363. The van der Waals surface area contributed by atoms with Crippen molar-refractivity contribution in [2.24, 2.45) is 5.41 Å². The Morgan fingerprint density at radius 2 is 2.16 bits per heavy atom. The van der Waals surface area contributed by atoms with E-state index in [1.54, 1.807) is 25.1 Å². The number of rotatable bonds is 2. The molecule has 3 heteroatoms. The van der Waals surface area contributed by atoms with Gasteiger partial charge in [-0.25, -0.2) is 0 Å². The largest absolute Gasteiger partial charge is 0.508 e. The van der Waals surface area contributed by atoms with E-state index in [1.807, 2.05) is 0 Å². The number of aryl methyl sites for hydroxylation is 1. The van der Waals surface area contributed by atoms with E-state index in [1.165, 1.54) is 12.8 Å². The number of phenolic OH excluding ortho intramolecular Hbond substituents is 1. The molecule has 0 aliphatic heterocycles. The number of hydrogen-bond acceptors (Lipinski definition) is 2. The van der Waals surface area contributed by atoms with Gasteiger partial charge in [0.2, 0.25) is 0 Å². The van der Waals surface area contributed by atoms with Crippen LogP contribution in [0.4, 0.5) is 0 Å². The molecule has 0 spiro atoms. The predicted octanol–water partition coefficient (Wildman–Crippen LogP) is 3.40. The van der Waals surface area contributed by atoms with Crippen molar-refractivity contribution in [3.8, 4) is 5.75 Å². The Labute approximate surface area is 115 Å². The van der Waals surface area contributed by atoms with E-state index < -0.39 is 0 Å². The Balaban J connectivity index is 2.02. The Morgan fingerprint density at radius 1 is 1.42 bits per heavy atom. The molecule has 0 radical (unpaired) electrons. The van der Waals surface area contributed by atoms with Gasteiger partial charge in [0, 0.05) is 11.6 Å². The van der Waals surface area contributed by atoms with Gasteiger partial charge in [0.05, 0.1) is 0 Å². The summed E-state index contributed by atoms with van der Waals surface area (Å²) in [4.78, 5) is 12.2. The maximum absolute atomic E-state index is 12.2. The third-order valence-corrected chi connectivity index (χ3v) is 4.00. The van der Waals surface area contributed by atoms with Crippen molar-refractivity contribution in [3.05, 3.63) is 29.3 Å². The molecule has 1 fully saturated rings. The zero-order valence-electron chi connectivity index (χ0n) is 12.0. The molecule has 1 aromatic rings. The number of nitrogens with one attached hydrogen (secondary N) is 1. The fraction of sp³-hybridized carbons (Fsp3) is 0.562. The third kappa shape index (κ3) is 3.49. The number of carbonyl (C=O) groups is 1. The van der Waals surface area contributed by atoms with E-state index in [-0.39, 0.29) is 17.7 Å². The first-order valence-electron chi connectivity index (χ1n) is 6.98. The number of amides is 1. The van der Waals surface area contributed by atoms with E-state index in [0.29, 0.717) is 11.0 Å². The summed E-state index contributed by atoms with van der Waals surface area (Å²) in [6.07, 6.45) is 4.51. The summed E-state index contributed by atoms with van der Waals surface area (Å²) in [5, 5.41) is 12.6. The Morgan fingerprint density at radius 3 is 2.79 bits per heavy atom. The average Bonchev–Trinajstić information content (AvgIpc) is 2.31. The normalized spacial score (nSPS) is 21.9. The third-order valence-electron chi connectivity index (χ3n) is 4.00. The highest BCUT2D eigenvalue weighted by molar-refractivity contribution is 5.94. The molecule has 0 aromatic heterocycles. The highest BCUT2D eigenvalue weighted by atomic mass is 16.3. The molecule has 1 atom stereocenters. The molecular formula is C16H23NO2. The van der Waals surface area contributed by atoms with Crippen molar-refractivity contribution in [1.82, 2.24) is 5.32 Å². The lowest BCUT2D eigenvalue weighted by Crippen LogP contribution is -2.40. The van der Waals surface area contributed by atoms with Crippen molar-refractivity contribution in [2.75, 3.05) is 0 Å². The smallest absolute Gasteiger partial charge is 0.251 e. The average molecular weight is 261 g/mol. The van der Waals surface area contributed by atoms with E-state index in [2.05, 4.69) is 19.2 Å². The molecule has 1 amide bonds. The zero-order valence-corrected chi connectivity index (χ0v) is 12.0. The topological polar surface area (TPSA) is 49.3 Å². The maximum atomic E-state index is 12.2. The van der Waals surface area contributed by atoms with Crippen LogP contribution in [0.5, 0.6) is 5.75 Å². The standard InChI is InChI=1S/C16H23NO2/c1-11-9-12(6-7-14(11)18)15(19)17-13-5-4-8-16(2,3)10-13/h6-7,9,13,18H,4-5,8,10H2,1-3H3,(H,17,19). The van der Waals surface area contributed by atoms with Crippen molar-refractivity contribution in [3.63, 3.8) is 0 Å². The lowest BCUT2D eigenvalue weighted by Gasteiger charge is -2.35. The van der Waals surface area contributed by atoms with Gasteiger partial charge in [0.15, 0.2) is 0 Å². The van der Waals surface area contributed by atoms with Crippen LogP contribution in [0.2, 0.25) is 0 Å². The molecule has 2 N–H and O–H groups in total. The molecule has 0 bridgehead atoms. The first kappa shape index (κ1) is 13.9. The van der Waals surface area contributed by atoms with E-state index >= 15 is 0 Å². The first-order chi connectivity index (χ1) is 8.87. The molecule has 1 aliphatic carbocycles. The lowest BCUT2D eigenvalue weighted by molar-refractivity contribution is 0.0902. The quantitative estimate of drug-likeness (QED) is 0.857. The van der Waals surface area contributed by atoms with Crippen LogP contribution < -0.4 is 5.32 Å². The molecular weight excluding hydrogens is 238 g/mol.